The third-order valence-corrected chi connectivity index (χ3v) is 11.9. The van der Waals surface area contributed by atoms with Crippen LogP contribution in [-0.4, -0.2) is 88.6 Å². The predicted molar refractivity (Wildman–Crippen MR) is 165 cm³/mol. The Morgan fingerprint density at radius 1 is 1.12 bits per heavy atom. The van der Waals surface area contributed by atoms with Crippen molar-refractivity contribution in [3.05, 3.63) is 36.3 Å². The van der Waals surface area contributed by atoms with Crippen molar-refractivity contribution >= 4 is 36.1 Å². The first-order chi connectivity index (χ1) is 22.9. The summed E-state index contributed by atoms with van der Waals surface area (Å²) < 4.78 is 34.2. The van der Waals surface area contributed by atoms with Crippen molar-refractivity contribution in [1.29, 1.82) is 0 Å². The van der Waals surface area contributed by atoms with Gasteiger partial charge in [-0.2, -0.15) is 0 Å². The van der Waals surface area contributed by atoms with Crippen LogP contribution in [0, 0.1) is 28.6 Å². The number of esters is 4. The molecule has 2 aliphatic heterocycles. The molecule has 14 nitrogen and oxygen atoms in total. The molecule has 268 valence electrons. The van der Waals surface area contributed by atoms with E-state index in [1.807, 2.05) is 0 Å². The molecule has 12 atom stereocenters. The molecule has 0 amide bonds. The first-order valence-electron chi connectivity index (χ1n) is 16.4. The van der Waals surface area contributed by atoms with E-state index < -0.39 is 106 Å². The summed E-state index contributed by atoms with van der Waals surface area (Å²) in [6.07, 6.45) is -4.22. The minimum atomic E-state index is -2.48. The number of furan rings is 1. The highest BCUT2D eigenvalue weighted by Crippen LogP contribution is 2.68. The number of cyclic esters (lactones) is 1. The van der Waals surface area contributed by atoms with Crippen LogP contribution in [0.1, 0.15) is 78.7 Å². The van der Waals surface area contributed by atoms with E-state index in [1.54, 1.807) is 33.8 Å². The lowest BCUT2D eigenvalue weighted by Gasteiger charge is -2.61. The van der Waals surface area contributed by atoms with Crippen molar-refractivity contribution in [3.63, 3.8) is 0 Å². The Labute approximate surface area is 283 Å². The lowest BCUT2D eigenvalue weighted by atomic mass is 9.46. The lowest BCUT2D eigenvalue weighted by Crippen LogP contribution is -2.72. The Morgan fingerprint density at radius 2 is 1.82 bits per heavy atom. The van der Waals surface area contributed by atoms with Crippen LogP contribution in [0.2, 0.25) is 0 Å². The number of aliphatic hydroxyl groups is 2. The van der Waals surface area contributed by atoms with Gasteiger partial charge in [0.25, 0.3) is 6.47 Å². The van der Waals surface area contributed by atoms with Crippen molar-refractivity contribution in [2.75, 3.05) is 6.61 Å². The van der Waals surface area contributed by atoms with E-state index >= 15 is 0 Å². The Kier molecular flexibility index (Phi) is 9.39. The highest BCUT2D eigenvalue weighted by atomic mass is 16.6. The van der Waals surface area contributed by atoms with E-state index in [0.29, 0.717) is 12.0 Å². The number of ether oxygens (including phenoxy) is 5. The Hall–Kier alpha value is -4.04. The highest BCUT2D eigenvalue weighted by Gasteiger charge is 2.78. The molecule has 4 fully saturated rings. The Bertz CT molecular complexity index is 1530. The second-order valence-corrected chi connectivity index (χ2v) is 14.5. The molecular weight excluding hydrogens is 644 g/mol. The zero-order valence-corrected chi connectivity index (χ0v) is 28.5. The zero-order valence-electron chi connectivity index (χ0n) is 28.5. The van der Waals surface area contributed by atoms with Gasteiger partial charge in [-0.3, -0.25) is 24.0 Å². The van der Waals surface area contributed by atoms with Gasteiger partial charge in [0.1, 0.15) is 30.5 Å². The average Bonchev–Trinajstić information content (AvgIpc) is 3.63. The van der Waals surface area contributed by atoms with Crippen LogP contribution in [0.4, 0.5) is 0 Å². The smallest absolute Gasteiger partial charge is 0.335 e. The maximum atomic E-state index is 14.3. The van der Waals surface area contributed by atoms with Gasteiger partial charge in [0.2, 0.25) is 0 Å². The quantitative estimate of drug-likeness (QED) is 0.166. The number of carbonyl (C=O) groups excluding carboxylic acids is 6. The van der Waals surface area contributed by atoms with E-state index in [2.05, 4.69) is 6.58 Å². The van der Waals surface area contributed by atoms with Crippen molar-refractivity contribution in [2.45, 2.75) is 109 Å². The van der Waals surface area contributed by atoms with Gasteiger partial charge < -0.3 is 38.3 Å². The van der Waals surface area contributed by atoms with Crippen LogP contribution in [-0.2, 0) is 52.5 Å². The molecule has 0 spiro atoms. The van der Waals surface area contributed by atoms with Gasteiger partial charge >= 0.3 is 23.9 Å². The molecular formula is C35H44O14. The molecule has 1 unspecified atom stereocenters. The van der Waals surface area contributed by atoms with Gasteiger partial charge in [0.15, 0.2) is 17.5 Å². The standard InChI is InChI=1S/C35H44O14/c1-8-17(2)28(41)31(42)48-30-29(46-16-36)27(18(3)35(43)23(38)11-21(34(30,35)7)20-9-10-44-14-20)33(6)22-12-25(39)45-15-32(22,5)49-26(40)13-24(33)47-19(4)37/h9-10,14,16-17,21-22,24,27-30,41,43H,3,8,11-13,15H2,1-2,4-7H3/t17-,21-,22+,24-,27?,28+,29-,30-,32+,33+,34+,35+/m0/s1. The van der Waals surface area contributed by atoms with Gasteiger partial charge in [0.05, 0.1) is 30.8 Å². The number of ketones is 1. The molecule has 3 heterocycles. The first kappa shape index (κ1) is 36.2. The van der Waals surface area contributed by atoms with Crippen LogP contribution in [0.15, 0.2) is 35.2 Å². The van der Waals surface area contributed by atoms with Crippen LogP contribution < -0.4 is 0 Å². The summed E-state index contributed by atoms with van der Waals surface area (Å²) in [7, 11) is 0. The predicted octanol–water partition coefficient (Wildman–Crippen LogP) is 2.33. The maximum Gasteiger partial charge on any atom is 0.335 e. The van der Waals surface area contributed by atoms with Crippen molar-refractivity contribution in [3.8, 4) is 0 Å². The average molecular weight is 689 g/mol. The minimum absolute atomic E-state index is 0.116. The molecule has 1 aromatic heterocycles. The largest absolute Gasteiger partial charge is 0.472 e. The van der Waals surface area contributed by atoms with Gasteiger partial charge in [-0.05, 0) is 30.0 Å². The summed E-state index contributed by atoms with van der Waals surface area (Å²) in [5.74, 6) is -7.90. The van der Waals surface area contributed by atoms with E-state index in [9.17, 15) is 39.0 Å². The molecule has 2 N–H and O–H groups in total. The highest BCUT2D eigenvalue weighted by molar-refractivity contribution is 5.96. The van der Waals surface area contributed by atoms with E-state index in [1.165, 1.54) is 19.5 Å². The number of aliphatic hydroxyl groups excluding tert-OH is 1. The number of fused-ring (bicyclic) bond motifs is 2. The van der Waals surface area contributed by atoms with Gasteiger partial charge in [-0.25, -0.2) is 4.79 Å². The second kappa shape index (κ2) is 12.7. The van der Waals surface area contributed by atoms with Crippen molar-refractivity contribution < 1.29 is 67.1 Å². The fourth-order valence-electron chi connectivity index (χ4n) is 9.11. The summed E-state index contributed by atoms with van der Waals surface area (Å²) in [6.45, 7) is 13.2. The SMILES string of the molecule is C=C1C([C@@]2(C)[C@@H](OC(C)=O)CC(=O)O[C@]3(C)COC(=O)C[C@@H]23)[C@H](OC=O)[C@H](OC(=O)[C@H](O)[C@@H](C)CC)[C@@]2(C)[C@H](c3ccoc3)CC(=O)[C@]12O. The van der Waals surface area contributed by atoms with Gasteiger partial charge in [-0.15, -0.1) is 0 Å². The zero-order chi connectivity index (χ0) is 36.3. The third kappa shape index (κ3) is 5.38. The summed E-state index contributed by atoms with van der Waals surface area (Å²) in [5.41, 5.74) is -7.14. The molecule has 1 aromatic rings. The van der Waals surface area contributed by atoms with Crippen molar-refractivity contribution in [1.82, 2.24) is 0 Å². The molecule has 2 saturated heterocycles. The molecule has 49 heavy (non-hydrogen) atoms. The maximum absolute atomic E-state index is 14.3. The number of Topliss-reactive ketones (excluding diaryl/α,β-unsaturated/α-hetero) is 1. The number of hydrogen-bond acceptors (Lipinski definition) is 14. The fourth-order valence-corrected chi connectivity index (χ4v) is 9.11. The summed E-state index contributed by atoms with van der Waals surface area (Å²) in [5, 5.41) is 23.8. The van der Waals surface area contributed by atoms with E-state index in [-0.39, 0.29) is 31.5 Å². The third-order valence-electron chi connectivity index (χ3n) is 11.9. The van der Waals surface area contributed by atoms with Crippen LogP contribution in [0.25, 0.3) is 0 Å². The Morgan fingerprint density at radius 3 is 2.41 bits per heavy atom. The molecule has 0 radical (unpaired) electrons. The molecule has 2 saturated carbocycles. The van der Waals surface area contributed by atoms with Gasteiger partial charge in [0, 0.05) is 36.5 Å². The lowest BCUT2D eigenvalue weighted by molar-refractivity contribution is -0.242. The van der Waals surface area contributed by atoms with Gasteiger partial charge in [-0.1, -0.05) is 40.7 Å². The summed E-state index contributed by atoms with van der Waals surface area (Å²) in [4.78, 5) is 79.3. The number of rotatable bonds is 9. The normalized spacial score (nSPS) is 40.1. The second-order valence-electron chi connectivity index (χ2n) is 14.5. The Balaban J connectivity index is 1.81. The van der Waals surface area contributed by atoms with Crippen molar-refractivity contribution in [2.24, 2.45) is 28.6 Å². The van der Waals surface area contributed by atoms with Crippen LogP contribution in [0.3, 0.4) is 0 Å². The monoisotopic (exact) mass is 688 g/mol. The van der Waals surface area contributed by atoms with Crippen LogP contribution >= 0.6 is 0 Å². The molecule has 0 aromatic carbocycles. The summed E-state index contributed by atoms with van der Waals surface area (Å²) >= 11 is 0. The van der Waals surface area contributed by atoms with E-state index in [4.69, 9.17) is 28.1 Å². The van der Waals surface area contributed by atoms with Crippen LogP contribution in [0.5, 0.6) is 0 Å². The molecule has 5 rings (SSSR count). The molecule has 0 bridgehead atoms. The topological polar surface area (TPSA) is 202 Å². The number of hydrogen-bond donors (Lipinski definition) is 2. The minimum Gasteiger partial charge on any atom is -0.472 e. The first-order valence-corrected chi connectivity index (χ1v) is 16.4. The molecule has 4 aliphatic rings. The molecule has 14 heteroatoms. The summed E-state index contributed by atoms with van der Waals surface area (Å²) in [6, 6.07) is 1.59. The molecule has 2 aliphatic carbocycles. The fraction of sp³-hybridized carbons (Fsp3) is 0.657. The van der Waals surface area contributed by atoms with E-state index in [0.717, 1.165) is 6.92 Å². The number of carbonyl (C=O) groups is 6.